The number of anilines is 1. The molecule has 7 heteroatoms. The van der Waals surface area contributed by atoms with E-state index in [9.17, 15) is 13.2 Å². The highest BCUT2D eigenvalue weighted by atomic mass is 35.5. The first kappa shape index (κ1) is 22.2. The fourth-order valence-electron chi connectivity index (χ4n) is 2.78. The average Bonchev–Trinajstić information content (AvgIpc) is 2.63. The van der Waals surface area contributed by atoms with Crippen molar-refractivity contribution in [2.24, 2.45) is 0 Å². The second-order valence-corrected chi connectivity index (χ2v) is 9.44. The minimum Gasteiger partial charge on any atom is -0.355 e. The lowest BCUT2D eigenvalue weighted by Gasteiger charge is -2.22. The Morgan fingerprint density at radius 1 is 1.07 bits per heavy atom. The molecular weight excluding hydrogens is 396 g/mol. The molecule has 0 unspecified atom stereocenters. The van der Waals surface area contributed by atoms with Gasteiger partial charge in [-0.05, 0) is 54.2 Å². The number of benzene rings is 2. The maximum atomic E-state index is 12.2. The number of nitrogens with one attached hydrogen (secondary N) is 1. The molecule has 0 saturated heterocycles. The lowest BCUT2D eigenvalue weighted by molar-refractivity contribution is -0.119. The number of rotatable bonds is 9. The molecule has 0 radical (unpaired) electrons. The third kappa shape index (κ3) is 6.84. The van der Waals surface area contributed by atoms with Gasteiger partial charge in [-0.2, -0.15) is 0 Å². The summed E-state index contributed by atoms with van der Waals surface area (Å²) in [6, 6.07) is 14.8. The van der Waals surface area contributed by atoms with Gasteiger partial charge in [0.2, 0.25) is 15.9 Å². The Hall–Kier alpha value is -2.05. The maximum Gasteiger partial charge on any atom is 0.240 e. The standard InChI is InChI=1S/C21H27ClN2O3S/c1-16(2)18-8-6-17(7-9-18)5-4-14-23-21(25)15-24(28(3,26)27)20-12-10-19(22)11-13-20/h6-13,16H,4-5,14-15H2,1-3H3,(H,23,25). The molecule has 0 heterocycles. The number of aryl methyl sites for hydroxylation is 1. The molecule has 0 atom stereocenters. The van der Waals surface area contributed by atoms with Crippen LogP contribution < -0.4 is 9.62 Å². The fraction of sp³-hybridized carbons (Fsp3) is 0.381. The van der Waals surface area contributed by atoms with Crippen LogP contribution in [0.5, 0.6) is 0 Å². The Labute approximate surface area is 172 Å². The Morgan fingerprint density at radius 3 is 2.21 bits per heavy atom. The third-order valence-electron chi connectivity index (χ3n) is 4.41. The molecule has 5 nitrogen and oxygen atoms in total. The summed E-state index contributed by atoms with van der Waals surface area (Å²) in [6.45, 7) is 4.55. The van der Waals surface area contributed by atoms with Gasteiger partial charge in [0, 0.05) is 11.6 Å². The highest BCUT2D eigenvalue weighted by Crippen LogP contribution is 2.20. The molecule has 28 heavy (non-hydrogen) atoms. The molecule has 2 rings (SSSR count). The van der Waals surface area contributed by atoms with Gasteiger partial charge in [0.15, 0.2) is 0 Å². The summed E-state index contributed by atoms with van der Waals surface area (Å²) in [6.07, 6.45) is 2.72. The number of hydrogen-bond acceptors (Lipinski definition) is 3. The molecule has 0 spiro atoms. The topological polar surface area (TPSA) is 66.5 Å². The van der Waals surface area contributed by atoms with E-state index in [0.717, 1.165) is 23.4 Å². The molecule has 152 valence electrons. The zero-order valence-corrected chi connectivity index (χ0v) is 18.1. The van der Waals surface area contributed by atoms with Gasteiger partial charge in [-0.1, -0.05) is 49.7 Å². The largest absolute Gasteiger partial charge is 0.355 e. The SMILES string of the molecule is CC(C)c1ccc(CCCNC(=O)CN(c2ccc(Cl)cc2)S(C)(=O)=O)cc1. The fourth-order valence-corrected chi connectivity index (χ4v) is 3.77. The summed E-state index contributed by atoms with van der Waals surface area (Å²) in [5.74, 6) is 0.169. The first-order valence-corrected chi connectivity index (χ1v) is 11.5. The lowest BCUT2D eigenvalue weighted by atomic mass is 10.0. The quantitative estimate of drug-likeness (QED) is 0.621. The van der Waals surface area contributed by atoms with Gasteiger partial charge in [0.25, 0.3) is 0 Å². The molecule has 0 bridgehead atoms. The highest BCUT2D eigenvalue weighted by Gasteiger charge is 2.20. The second kappa shape index (κ2) is 9.94. The van der Waals surface area contributed by atoms with E-state index in [1.54, 1.807) is 24.3 Å². The van der Waals surface area contributed by atoms with E-state index in [4.69, 9.17) is 11.6 Å². The summed E-state index contributed by atoms with van der Waals surface area (Å²) in [5, 5.41) is 3.30. The highest BCUT2D eigenvalue weighted by molar-refractivity contribution is 7.92. The van der Waals surface area contributed by atoms with Crippen molar-refractivity contribution in [2.45, 2.75) is 32.6 Å². The van der Waals surface area contributed by atoms with Crippen LogP contribution in [-0.2, 0) is 21.2 Å². The van der Waals surface area contributed by atoms with Crippen LogP contribution in [0, 0.1) is 0 Å². The number of carbonyl (C=O) groups excluding carboxylic acids is 1. The van der Waals surface area contributed by atoms with Gasteiger partial charge in [-0.25, -0.2) is 8.42 Å². The number of hydrogen-bond donors (Lipinski definition) is 1. The molecular formula is C21H27ClN2O3S. The third-order valence-corrected chi connectivity index (χ3v) is 5.81. The minimum absolute atomic E-state index is 0.260. The molecule has 0 aliphatic rings. The van der Waals surface area contributed by atoms with E-state index in [1.165, 1.54) is 11.1 Å². The van der Waals surface area contributed by atoms with Crippen LogP contribution in [0.15, 0.2) is 48.5 Å². The molecule has 0 aliphatic carbocycles. The molecule has 0 fully saturated rings. The van der Waals surface area contributed by atoms with Crippen molar-refractivity contribution in [3.05, 3.63) is 64.7 Å². The van der Waals surface area contributed by atoms with Crippen LogP contribution in [0.1, 0.15) is 37.3 Å². The number of amides is 1. The van der Waals surface area contributed by atoms with Gasteiger partial charge in [-0.15, -0.1) is 0 Å². The summed E-state index contributed by atoms with van der Waals surface area (Å²) >= 11 is 5.85. The Bertz CT molecular complexity index is 879. The maximum absolute atomic E-state index is 12.2. The van der Waals surface area contributed by atoms with Crippen LogP contribution in [-0.4, -0.2) is 33.7 Å². The van der Waals surface area contributed by atoms with Crippen LogP contribution >= 0.6 is 11.6 Å². The summed E-state index contributed by atoms with van der Waals surface area (Å²) in [5.41, 5.74) is 2.94. The van der Waals surface area contributed by atoms with Gasteiger partial charge in [0.1, 0.15) is 6.54 Å². The van der Waals surface area contributed by atoms with E-state index in [2.05, 4.69) is 43.4 Å². The summed E-state index contributed by atoms with van der Waals surface area (Å²) < 4.78 is 25.2. The first-order valence-electron chi connectivity index (χ1n) is 9.25. The van der Waals surface area contributed by atoms with Gasteiger partial charge in [-0.3, -0.25) is 9.10 Å². The van der Waals surface area contributed by atoms with E-state index in [-0.39, 0.29) is 12.5 Å². The number of carbonyl (C=O) groups is 1. The van der Waals surface area contributed by atoms with Crippen molar-refractivity contribution in [3.8, 4) is 0 Å². The van der Waals surface area contributed by atoms with Crippen molar-refractivity contribution < 1.29 is 13.2 Å². The van der Waals surface area contributed by atoms with Gasteiger partial charge < -0.3 is 5.32 Å². The predicted octanol–water partition coefficient (Wildman–Crippen LogP) is 3.98. The van der Waals surface area contributed by atoms with E-state index >= 15 is 0 Å². The average molecular weight is 423 g/mol. The Morgan fingerprint density at radius 2 is 1.68 bits per heavy atom. The minimum atomic E-state index is -3.58. The van der Waals surface area contributed by atoms with E-state index in [0.29, 0.717) is 23.2 Å². The summed E-state index contributed by atoms with van der Waals surface area (Å²) in [4.78, 5) is 12.2. The summed E-state index contributed by atoms with van der Waals surface area (Å²) in [7, 11) is -3.58. The smallest absolute Gasteiger partial charge is 0.240 e. The van der Waals surface area contributed by atoms with Crippen molar-refractivity contribution in [2.75, 3.05) is 23.7 Å². The van der Waals surface area contributed by atoms with Crippen molar-refractivity contribution in [1.29, 1.82) is 0 Å². The van der Waals surface area contributed by atoms with Crippen LogP contribution in [0.25, 0.3) is 0 Å². The monoisotopic (exact) mass is 422 g/mol. The zero-order chi connectivity index (χ0) is 20.7. The molecule has 0 aromatic heterocycles. The second-order valence-electron chi connectivity index (χ2n) is 7.10. The molecule has 1 amide bonds. The molecule has 0 saturated carbocycles. The van der Waals surface area contributed by atoms with Crippen molar-refractivity contribution in [1.82, 2.24) is 5.32 Å². The molecule has 2 aromatic rings. The van der Waals surface area contributed by atoms with E-state index in [1.807, 2.05) is 0 Å². The van der Waals surface area contributed by atoms with Gasteiger partial charge >= 0.3 is 0 Å². The van der Waals surface area contributed by atoms with Gasteiger partial charge in [0.05, 0.1) is 11.9 Å². The Balaban J connectivity index is 1.85. The van der Waals surface area contributed by atoms with Crippen molar-refractivity contribution in [3.63, 3.8) is 0 Å². The van der Waals surface area contributed by atoms with Crippen molar-refractivity contribution >= 4 is 33.2 Å². The van der Waals surface area contributed by atoms with E-state index < -0.39 is 10.0 Å². The number of nitrogens with zero attached hydrogens (tertiary/aromatic N) is 1. The molecule has 1 N–H and O–H groups in total. The molecule has 2 aromatic carbocycles. The van der Waals surface area contributed by atoms with Crippen LogP contribution in [0.4, 0.5) is 5.69 Å². The first-order chi connectivity index (χ1) is 13.2. The Kier molecular flexibility index (Phi) is 7.89. The number of sulfonamides is 1. The predicted molar refractivity (Wildman–Crippen MR) is 116 cm³/mol. The van der Waals surface area contributed by atoms with Crippen LogP contribution in [0.3, 0.4) is 0 Å². The van der Waals surface area contributed by atoms with Crippen LogP contribution in [0.2, 0.25) is 5.02 Å². The normalized spacial score (nSPS) is 11.5. The zero-order valence-electron chi connectivity index (χ0n) is 16.5. The molecule has 0 aliphatic heterocycles. The number of halogens is 1. The lowest BCUT2D eigenvalue weighted by Crippen LogP contribution is -2.40.